The fraction of sp³-hybridized carbons (Fsp3) is 0.735. The minimum atomic E-state index is 0.136. The third kappa shape index (κ3) is 4.39. The first-order chi connectivity index (χ1) is 17.1. The standard InChI is InChI=1S/C34H50O2/c1-22(2)10-9-11-23(3)28-16-17-29-26-15-14-25-20-31(35)27(32(36)24-12-7-6-8-13-24)21-34(25,5)30(26)18-19-33(28,29)4/h6-8,12-13,22-23,25-26,28-30,36H,9-11,14-21H2,1-5H3/b32-27-/t23-,25+,26-,28+,29+,30-,33-,34+/m1/s1. The van der Waals surface area contributed by atoms with Crippen LogP contribution in [0.5, 0.6) is 0 Å². The Morgan fingerprint density at radius 1 is 0.944 bits per heavy atom. The number of Topliss-reactive ketones (excluding diaryl/α,β-unsaturated/α-hetero) is 1. The second kappa shape index (κ2) is 9.95. The van der Waals surface area contributed by atoms with Gasteiger partial charge in [0.05, 0.1) is 0 Å². The van der Waals surface area contributed by atoms with Crippen LogP contribution >= 0.6 is 0 Å². The third-order valence-corrected chi connectivity index (χ3v) is 11.9. The second-order valence-corrected chi connectivity index (χ2v) is 14.2. The molecule has 4 aliphatic rings. The number of fused-ring (bicyclic) bond motifs is 5. The first kappa shape index (κ1) is 26.1. The largest absolute Gasteiger partial charge is 0.507 e. The van der Waals surface area contributed by atoms with Gasteiger partial charge in [-0.1, -0.05) is 84.2 Å². The van der Waals surface area contributed by atoms with Crippen LogP contribution < -0.4 is 0 Å². The lowest BCUT2D eigenvalue weighted by atomic mass is 9.44. The van der Waals surface area contributed by atoms with Crippen LogP contribution in [0, 0.1) is 52.3 Å². The van der Waals surface area contributed by atoms with Gasteiger partial charge < -0.3 is 5.11 Å². The number of allylic oxidation sites excluding steroid dienone is 1. The molecule has 0 aliphatic heterocycles. The zero-order valence-corrected chi connectivity index (χ0v) is 23.6. The van der Waals surface area contributed by atoms with Crippen LogP contribution in [0.25, 0.3) is 5.76 Å². The third-order valence-electron chi connectivity index (χ3n) is 11.9. The lowest BCUT2D eigenvalue weighted by Crippen LogP contribution is -2.54. The van der Waals surface area contributed by atoms with Gasteiger partial charge in [0.25, 0.3) is 0 Å². The highest BCUT2D eigenvalue weighted by atomic mass is 16.3. The van der Waals surface area contributed by atoms with Crippen LogP contribution in [0.2, 0.25) is 0 Å². The van der Waals surface area contributed by atoms with E-state index in [2.05, 4.69) is 34.6 Å². The number of aliphatic hydroxyl groups is 1. The van der Waals surface area contributed by atoms with Crippen molar-refractivity contribution in [1.29, 1.82) is 0 Å². The summed E-state index contributed by atoms with van der Waals surface area (Å²) >= 11 is 0. The second-order valence-electron chi connectivity index (χ2n) is 14.2. The Labute approximate surface area is 220 Å². The van der Waals surface area contributed by atoms with Crippen LogP contribution in [0.3, 0.4) is 0 Å². The topological polar surface area (TPSA) is 37.3 Å². The minimum Gasteiger partial charge on any atom is -0.507 e. The van der Waals surface area contributed by atoms with Gasteiger partial charge in [-0.15, -0.1) is 0 Å². The Kier molecular flexibility index (Phi) is 7.20. The highest BCUT2D eigenvalue weighted by Gasteiger charge is 2.61. The number of benzene rings is 1. The van der Waals surface area contributed by atoms with Crippen molar-refractivity contribution < 1.29 is 9.90 Å². The van der Waals surface area contributed by atoms with Crippen LogP contribution in [-0.4, -0.2) is 10.9 Å². The number of hydrogen-bond donors (Lipinski definition) is 1. The summed E-state index contributed by atoms with van der Waals surface area (Å²) < 4.78 is 0. The molecule has 1 aromatic carbocycles. The maximum absolute atomic E-state index is 13.2. The van der Waals surface area contributed by atoms with Crippen molar-refractivity contribution in [2.75, 3.05) is 0 Å². The lowest BCUT2D eigenvalue weighted by Gasteiger charge is -2.60. The Hall–Kier alpha value is -1.57. The van der Waals surface area contributed by atoms with E-state index >= 15 is 0 Å². The highest BCUT2D eigenvalue weighted by Crippen LogP contribution is 2.68. The molecule has 0 radical (unpaired) electrons. The molecule has 5 rings (SSSR count). The molecule has 0 heterocycles. The average molecular weight is 491 g/mol. The molecular formula is C34H50O2. The smallest absolute Gasteiger partial charge is 0.162 e. The van der Waals surface area contributed by atoms with E-state index in [1.54, 1.807) is 0 Å². The summed E-state index contributed by atoms with van der Waals surface area (Å²) in [7, 11) is 0. The molecule has 36 heavy (non-hydrogen) atoms. The van der Waals surface area contributed by atoms with E-state index < -0.39 is 0 Å². The maximum atomic E-state index is 13.2. The number of carbonyl (C=O) groups excluding carboxylic acids is 1. The molecule has 0 unspecified atom stereocenters. The Balaban J connectivity index is 1.36. The van der Waals surface area contributed by atoms with E-state index in [1.165, 1.54) is 57.8 Å². The SMILES string of the molecule is CC(C)CCC[C@@H](C)[C@@H]1CC[C@H]2[C@H]3CC[C@H]4CC(=O)/C(=C(\O)c5ccccc5)C[C@]4(C)[C@@H]3CC[C@@]21C. The minimum absolute atomic E-state index is 0.136. The van der Waals surface area contributed by atoms with Gasteiger partial charge in [-0.2, -0.15) is 0 Å². The first-order valence-corrected chi connectivity index (χ1v) is 15.2. The number of aliphatic hydroxyl groups excluding tert-OH is 1. The fourth-order valence-electron chi connectivity index (χ4n) is 9.98. The van der Waals surface area contributed by atoms with Crippen LogP contribution in [0.4, 0.5) is 0 Å². The van der Waals surface area contributed by atoms with Crippen LogP contribution in [-0.2, 0) is 4.79 Å². The quantitative estimate of drug-likeness (QED) is 0.319. The molecule has 4 fully saturated rings. The van der Waals surface area contributed by atoms with Crippen molar-refractivity contribution >= 4 is 11.5 Å². The van der Waals surface area contributed by atoms with Gasteiger partial charge in [0.15, 0.2) is 5.78 Å². The molecule has 0 amide bonds. The number of hydrogen-bond acceptors (Lipinski definition) is 2. The predicted molar refractivity (Wildman–Crippen MR) is 149 cm³/mol. The van der Waals surface area contributed by atoms with Crippen LogP contribution in [0.1, 0.15) is 111 Å². The molecule has 8 atom stereocenters. The van der Waals surface area contributed by atoms with Crippen molar-refractivity contribution in [3.05, 3.63) is 41.5 Å². The Morgan fingerprint density at radius 3 is 2.39 bits per heavy atom. The molecule has 198 valence electrons. The van der Waals surface area contributed by atoms with Gasteiger partial charge in [-0.25, -0.2) is 0 Å². The zero-order chi connectivity index (χ0) is 25.7. The fourth-order valence-corrected chi connectivity index (χ4v) is 9.98. The van der Waals surface area contributed by atoms with Crippen molar-refractivity contribution in [2.24, 2.45) is 52.3 Å². The highest BCUT2D eigenvalue weighted by molar-refractivity contribution is 6.02. The molecule has 1 aromatic rings. The van der Waals surface area contributed by atoms with Crippen molar-refractivity contribution in [3.8, 4) is 0 Å². The molecular weight excluding hydrogens is 440 g/mol. The van der Waals surface area contributed by atoms with Gasteiger partial charge in [0.1, 0.15) is 5.76 Å². The van der Waals surface area contributed by atoms with Crippen LogP contribution in [0.15, 0.2) is 35.9 Å². The first-order valence-electron chi connectivity index (χ1n) is 15.2. The number of carbonyl (C=O) groups is 1. The molecule has 2 heteroatoms. The summed E-state index contributed by atoms with van der Waals surface area (Å²) in [6.07, 6.45) is 13.6. The van der Waals surface area contributed by atoms with Gasteiger partial charge in [0, 0.05) is 17.6 Å². The molecule has 4 saturated carbocycles. The molecule has 1 N–H and O–H groups in total. The van der Waals surface area contributed by atoms with E-state index in [0.717, 1.165) is 41.6 Å². The molecule has 0 bridgehead atoms. The predicted octanol–water partition coefficient (Wildman–Crippen LogP) is 9.26. The molecule has 2 nitrogen and oxygen atoms in total. The van der Waals surface area contributed by atoms with Gasteiger partial charge in [-0.3, -0.25) is 4.79 Å². The van der Waals surface area contributed by atoms with E-state index in [-0.39, 0.29) is 17.0 Å². The zero-order valence-electron chi connectivity index (χ0n) is 23.6. The summed E-state index contributed by atoms with van der Waals surface area (Å²) in [5, 5.41) is 11.2. The van der Waals surface area contributed by atoms with Gasteiger partial charge in [0.2, 0.25) is 0 Å². The lowest BCUT2D eigenvalue weighted by molar-refractivity contribution is -0.133. The van der Waals surface area contributed by atoms with Gasteiger partial charge >= 0.3 is 0 Å². The van der Waals surface area contributed by atoms with E-state index in [9.17, 15) is 9.90 Å². The summed E-state index contributed by atoms with van der Waals surface area (Å²) in [5.74, 6) is 5.78. The average Bonchev–Trinajstić information content (AvgIpc) is 3.21. The monoisotopic (exact) mass is 490 g/mol. The maximum Gasteiger partial charge on any atom is 0.162 e. The summed E-state index contributed by atoms with van der Waals surface area (Å²) in [6, 6.07) is 9.72. The number of ketones is 1. The van der Waals surface area contributed by atoms with E-state index in [1.807, 2.05) is 30.3 Å². The van der Waals surface area contributed by atoms with Crippen molar-refractivity contribution in [1.82, 2.24) is 0 Å². The van der Waals surface area contributed by atoms with Crippen molar-refractivity contribution in [2.45, 2.75) is 105 Å². The molecule has 0 spiro atoms. The Morgan fingerprint density at radius 2 is 1.67 bits per heavy atom. The molecule has 0 aromatic heterocycles. The Bertz CT molecular complexity index is 976. The van der Waals surface area contributed by atoms with E-state index in [4.69, 9.17) is 0 Å². The normalized spacial score (nSPS) is 40.4. The molecule has 0 saturated heterocycles. The van der Waals surface area contributed by atoms with Crippen molar-refractivity contribution in [3.63, 3.8) is 0 Å². The summed E-state index contributed by atoms with van der Waals surface area (Å²) in [6.45, 7) is 12.4. The van der Waals surface area contributed by atoms with Gasteiger partial charge in [-0.05, 0) is 97.2 Å². The number of rotatable bonds is 6. The summed E-state index contributed by atoms with van der Waals surface area (Å²) in [5.41, 5.74) is 2.13. The summed E-state index contributed by atoms with van der Waals surface area (Å²) in [4.78, 5) is 13.2. The molecule has 4 aliphatic carbocycles. The van der Waals surface area contributed by atoms with E-state index in [0.29, 0.717) is 29.2 Å².